The minimum Gasteiger partial charge on any atom is -0.320 e. The molecule has 0 fully saturated rings. The van der Waals surface area contributed by atoms with Gasteiger partial charge >= 0.3 is 0 Å². The number of nitrogens with one attached hydrogen (secondary N) is 1. The van der Waals surface area contributed by atoms with Crippen LogP contribution in [0.3, 0.4) is 0 Å². The fourth-order valence-electron chi connectivity index (χ4n) is 2.60. The summed E-state index contributed by atoms with van der Waals surface area (Å²) in [5.41, 5.74) is 3.22. The van der Waals surface area contributed by atoms with Crippen LogP contribution in [0.1, 0.15) is 48.4 Å². The molecule has 0 saturated heterocycles. The third-order valence-electron chi connectivity index (χ3n) is 3.99. The average molecular weight is 338 g/mol. The van der Waals surface area contributed by atoms with Gasteiger partial charge in [0.2, 0.25) is 0 Å². The molecule has 130 valence electrons. The average Bonchev–Trinajstić information content (AvgIpc) is 3.25. The fourth-order valence-corrected chi connectivity index (χ4v) is 2.60. The van der Waals surface area contributed by atoms with Crippen molar-refractivity contribution in [2.75, 3.05) is 5.32 Å². The molecule has 0 aliphatic carbocycles. The Kier molecular flexibility index (Phi) is 4.92. The highest BCUT2D eigenvalue weighted by molar-refractivity contribution is 6.03. The van der Waals surface area contributed by atoms with Gasteiger partial charge in [0.25, 0.3) is 5.91 Å². The monoisotopic (exact) mass is 338 g/mol. The Balaban J connectivity index is 1.84. The van der Waals surface area contributed by atoms with Crippen LogP contribution in [-0.2, 0) is 13.1 Å². The number of carbonyl (C=O) groups excluding carboxylic acids is 1. The molecule has 0 aliphatic heterocycles. The lowest BCUT2D eigenvalue weighted by Crippen LogP contribution is -2.18. The van der Waals surface area contributed by atoms with Gasteiger partial charge in [-0.25, -0.2) is 9.67 Å². The summed E-state index contributed by atoms with van der Waals surface area (Å²) in [7, 11) is 0. The number of amides is 1. The van der Waals surface area contributed by atoms with E-state index >= 15 is 0 Å². The lowest BCUT2D eigenvalue weighted by Gasteiger charge is -2.11. The summed E-state index contributed by atoms with van der Waals surface area (Å²) in [6, 6.07) is 9.56. The highest BCUT2D eigenvalue weighted by Gasteiger charge is 2.17. The number of anilines is 1. The molecule has 0 bridgehead atoms. The number of rotatable bonds is 6. The summed E-state index contributed by atoms with van der Waals surface area (Å²) in [5, 5.41) is 11.6. The van der Waals surface area contributed by atoms with Crippen LogP contribution < -0.4 is 5.32 Å². The number of carbonyl (C=O) groups is 1. The Hall–Kier alpha value is -2.96. The van der Waals surface area contributed by atoms with Gasteiger partial charge in [0.15, 0.2) is 0 Å². The summed E-state index contributed by atoms with van der Waals surface area (Å²) in [4.78, 5) is 16.7. The van der Waals surface area contributed by atoms with Crippen LogP contribution in [0, 0.1) is 0 Å². The Bertz CT molecular complexity index is 850. The molecule has 0 radical (unpaired) electrons. The Morgan fingerprint density at radius 2 is 2.08 bits per heavy atom. The number of aromatic nitrogens is 5. The lowest BCUT2D eigenvalue weighted by atomic mass is 10.1. The molecular formula is C18H22N6O. The predicted molar refractivity (Wildman–Crippen MR) is 95.5 cm³/mol. The highest BCUT2D eigenvalue weighted by Crippen LogP contribution is 2.19. The molecule has 2 heterocycles. The lowest BCUT2D eigenvalue weighted by molar-refractivity contribution is 0.101. The minimum atomic E-state index is -0.160. The minimum absolute atomic E-state index is 0.160. The van der Waals surface area contributed by atoms with E-state index in [9.17, 15) is 4.79 Å². The maximum atomic E-state index is 12.8. The van der Waals surface area contributed by atoms with Crippen LogP contribution in [0.15, 0.2) is 43.0 Å². The highest BCUT2D eigenvalue weighted by atomic mass is 16.2. The van der Waals surface area contributed by atoms with Crippen molar-refractivity contribution in [3.05, 3.63) is 59.9 Å². The summed E-state index contributed by atoms with van der Waals surface area (Å²) in [6.07, 6.45) is 3.15. The second kappa shape index (κ2) is 7.29. The van der Waals surface area contributed by atoms with E-state index < -0.39 is 0 Å². The maximum absolute atomic E-state index is 12.8. The first-order chi connectivity index (χ1) is 12.1. The van der Waals surface area contributed by atoms with Crippen molar-refractivity contribution in [2.24, 2.45) is 0 Å². The van der Waals surface area contributed by atoms with Crippen molar-refractivity contribution in [1.82, 2.24) is 24.5 Å². The molecule has 0 unspecified atom stereocenters. The maximum Gasteiger partial charge on any atom is 0.273 e. The van der Waals surface area contributed by atoms with Crippen molar-refractivity contribution in [2.45, 2.75) is 39.8 Å². The molecule has 0 saturated carbocycles. The molecule has 0 spiro atoms. The molecule has 25 heavy (non-hydrogen) atoms. The van der Waals surface area contributed by atoms with E-state index in [0.717, 1.165) is 16.9 Å². The molecule has 7 heteroatoms. The Morgan fingerprint density at radius 3 is 2.76 bits per heavy atom. The van der Waals surface area contributed by atoms with Crippen LogP contribution >= 0.6 is 0 Å². The molecule has 1 N–H and O–H groups in total. The molecule has 3 aromatic rings. The van der Waals surface area contributed by atoms with Gasteiger partial charge < -0.3 is 5.32 Å². The van der Waals surface area contributed by atoms with Gasteiger partial charge in [0.05, 0.1) is 12.2 Å². The van der Waals surface area contributed by atoms with Gasteiger partial charge in [0, 0.05) is 12.2 Å². The zero-order valence-corrected chi connectivity index (χ0v) is 14.7. The van der Waals surface area contributed by atoms with E-state index in [0.29, 0.717) is 18.8 Å². The number of benzene rings is 1. The van der Waals surface area contributed by atoms with Gasteiger partial charge in [-0.3, -0.25) is 9.48 Å². The summed E-state index contributed by atoms with van der Waals surface area (Å²) in [5.74, 6) is 0.117. The van der Waals surface area contributed by atoms with Gasteiger partial charge in [-0.05, 0) is 30.5 Å². The first kappa shape index (κ1) is 16.9. The smallest absolute Gasteiger partial charge is 0.273 e. The van der Waals surface area contributed by atoms with Crippen molar-refractivity contribution >= 4 is 11.6 Å². The van der Waals surface area contributed by atoms with Crippen LogP contribution in [0.5, 0.6) is 0 Å². The zero-order valence-electron chi connectivity index (χ0n) is 14.7. The topological polar surface area (TPSA) is 77.6 Å². The van der Waals surface area contributed by atoms with E-state index in [1.165, 1.54) is 6.33 Å². The quantitative estimate of drug-likeness (QED) is 0.749. The molecule has 1 aromatic carbocycles. The summed E-state index contributed by atoms with van der Waals surface area (Å²) in [6.45, 7) is 7.30. The van der Waals surface area contributed by atoms with Crippen LogP contribution in [0.2, 0.25) is 0 Å². The largest absolute Gasteiger partial charge is 0.320 e. The van der Waals surface area contributed by atoms with Crippen LogP contribution in [0.4, 0.5) is 5.69 Å². The van der Waals surface area contributed by atoms with Gasteiger partial charge in [-0.1, -0.05) is 32.0 Å². The Labute approximate surface area is 146 Å². The van der Waals surface area contributed by atoms with E-state index in [-0.39, 0.29) is 11.8 Å². The fraction of sp³-hybridized carbons (Fsp3) is 0.333. The number of aryl methyl sites for hydroxylation is 1. The third kappa shape index (κ3) is 3.76. The zero-order chi connectivity index (χ0) is 17.8. The number of para-hydroxylation sites is 1. The van der Waals surface area contributed by atoms with Crippen molar-refractivity contribution < 1.29 is 4.79 Å². The van der Waals surface area contributed by atoms with Gasteiger partial charge in [-0.2, -0.15) is 10.2 Å². The predicted octanol–water partition coefficient (Wildman–Crippen LogP) is 2.92. The summed E-state index contributed by atoms with van der Waals surface area (Å²) >= 11 is 0. The molecule has 0 aliphatic rings. The molecular weight excluding hydrogens is 316 g/mol. The standard InChI is InChI=1S/C18H22N6O/c1-4-24-17(9-16(22-24)13(2)3)18(25)21-15-8-6-5-7-14(15)10-23-12-19-11-20-23/h5-9,11-13H,4,10H2,1-3H3,(H,21,25). The van der Waals surface area contributed by atoms with Crippen molar-refractivity contribution in [3.63, 3.8) is 0 Å². The third-order valence-corrected chi connectivity index (χ3v) is 3.99. The molecule has 7 nitrogen and oxygen atoms in total. The second-order valence-electron chi connectivity index (χ2n) is 6.13. The van der Waals surface area contributed by atoms with E-state index in [2.05, 4.69) is 34.3 Å². The molecule has 2 aromatic heterocycles. The van der Waals surface area contributed by atoms with E-state index in [1.54, 1.807) is 15.7 Å². The normalized spacial score (nSPS) is 11.0. The molecule has 3 rings (SSSR count). The van der Waals surface area contributed by atoms with Crippen molar-refractivity contribution in [1.29, 1.82) is 0 Å². The van der Waals surface area contributed by atoms with Crippen LogP contribution in [-0.4, -0.2) is 30.5 Å². The molecule has 0 atom stereocenters. The second-order valence-corrected chi connectivity index (χ2v) is 6.13. The van der Waals surface area contributed by atoms with E-state index in [4.69, 9.17) is 0 Å². The number of hydrogen-bond acceptors (Lipinski definition) is 4. The molecule has 1 amide bonds. The Morgan fingerprint density at radius 1 is 1.28 bits per heavy atom. The van der Waals surface area contributed by atoms with Crippen LogP contribution in [0.25, 0.3) is 0 Å². The summed E-state index contributed by atoms with van der Waals surface area (Å²) < 4.78 is 3.46. The van der Waals surface area contributed by atoms with Gasteiger partial charge in [-0.15, -0.1) is 0 Å². The van der Waals surface area contributed by atoms with Crippen molar-refractivity contribution in [3.8, 4) is 0 Å². The first-order valence-corrected chi connectivity index (χ1v) is 8.38. The first-order valence-electron chi connectivity index (χ1n) is 8.38. The number of hydrogen-bond donors (Lipinski definition) is 1. The van der Waals surface area contributed by atoms with Gasteiger partial charge in [0.1, 0.15) is 18.3 Å². The SMILES string of the molecule is CCn1nc(C(C)C)cc1C(=O)Nc1ccccc1Cn1cncn1. The number of nitrogens with zero attached hydrogens (tertiary/aromatic N) is 5. The van der Waals surface area contributed by atoms with E-state index in [1.807, 2.05) is 37.3 Å².